The fraction of sp³-hybridized carbons (Fsp3) is 0.400. The number of carboxylic acids is 2. The van der Waals surface area contributed by atoms with Crippen LogP contribution < -0.4 is 0 Å². The van der Waals surface area contributed by atoms with Gasteiger partial charge < -0.3 is 20.4 Å². The molecule has 0 fully saturated rings. The van der Waals surface area contributed by atoms with E-state index in [2.05, 4.69) is 13.2 Å². The Morgan fingerprint density at radius 3 is 1.00 bits per heavy atom. The van der Waals surface area contributed by atoms with Gasteiger partial charge in [0.2, 0.25) is 0 Å². The largest absolute Gasteiger partial charge is 0.478 e. The molecule has 16 heavy (non-hydrogen) atoms. The van der Waals surface area contributed by atoms with Crippen molar-refractivity contribution >= 4 is 11.9 Å². The number of carbonyl (C=O) groups is 2. The Morgan fingerprint density at radius 2 is 1.00 bits per heavy atom. The van der Waals surface area contributed by atoms with Crippen molar-refractivity contribution in [2.24, 2.45) is 0 Å². The van der Waals surface area contributed by atoms with E-state index in [1.165, 1.54) is 20.8 Å². The van der Waals surface area contributed by atoms with E-state index in [4.69, 9.17) is 20.4 Å². The van der Waals surface area contributed by atoms with Crippen molar-refractivity contribution in [3.63, 3.8) is 0 Å². The van der Waals surface area contributed by atoms with Crippen LogP contribution in [0, 0.1) is 0 Å². The summed E-state index contributed by atoms with van der Waals surface area (Å²) in [5, 5.41) is 31.0. The lowest BCUT2D eigenvalue weighted by Crippen LogP contribution is -1.92. The summed E-state index contributed by atoms with van der Waals surface area (Å²) in [6.07, 6.45) is -1.17. The average Bonchev–Trinajstić information content (AvgIpc) is 2.03. The van der Waals surface area contributed by atoms with Crippen molar-refractivity contribution in [1.29, 1.82) is 0 Å². The van der Waals surface area contributed by atoms with Crippen LogP contribution in [0.15, 0.2) is 24.3 Å². The van der Waals surface area contributed by atoms with Crippen LogP contribution in [0.3, 0.4) is 0 Å². The second-order valence-corrected chi connectivity index (χ2v) is 2.80. The molecule has 0 aromatic carbocycles. The van der Waals surface area contributed by atoms with Gasteiger partial charge in [0.15, 0.2) is 0 Å². The maximum Gasteiger partial charge on any atom is 0.330 e. The molecule has 6 nitrogen and oxygen atoms in total. The highest BCUT2D eigenvalue weighted by Gasteiger charge is 1.90. The van der Waals surface area contributed by atoms with Crippen LogP contribution in [0.5, 0.6) is 0 Å². The van der Waals surface area contributed by atoms with E-state index in [0.717, 1.165) is 0 Å². The molecule has 0 unspecified atom stereocenters. The second-order valence-electron chi connectivity index (χ2n) is 2.80. The highest BCUT2D eigenvalue weighted by Crippen LogP contribution is 1.81. The molecule has 4 N–H and O–H groups in total. The molecule has 0 aliphatic heterocycles. The second kappa shape index (κ2) is 11.4. The first-order chi connectivity index (χ1) is 7.02. The molecule has 94 valence electrons. The summed E-state index contributed by atoms with van der Waals surface area (Å²) in [6.45, 7) is 10.5. The van der Waals surface area contributed by atoms with E-state index in [1.807, 2.05) is 0 Å². The first-order valence-corrected chi connectivity index (χ1v) is 4.16. The Hall–Kier alpha value is -1.66. The third-order valence-electron chi connectivity index (χ3n) is 0.730. The zero-order valence-electron chi connectivity index (χ0n) is 9.60. The third-order valence-corrected chi connectivity index (χ3v) is 0.730. The van der Waals surface area contributed by atoms with Gasteiger partial charge in [-0.1, -0.05) is 13.2 Å². The van der Waals surface area contributed by atoms with E-state index in [0.29, 0.717) is 0 Å². The molecule has 0 saturated carbocycles. The summed E-state index contributed by atoms with van der Waals surface area (Å²) >= 11 is 0. The van der Waals surface area contributed by atoms with Crippen LogP contribution in [0.1, 0.15) is 20.8 Å². The normalized spacial score (nSPS) is 7.88. The van der Waals surface area contributed by atoms with E-state index in [1.54, 1.807) is 0 Å². The smallest absolute Gasteiger partial charge is 0.330 e. The first kappa shape index (κ1) is 19.8. The van der Waals surface area contributed by atoms with Gasteiger partial charge in [-0.3, -0.25) is 0 Å². The number of hydrogen-bond donors (Lipinski definition) is 4. The highest BCUT2D eigenvalue weighted by molar-refractivity contribution is 5.85. The number of aliphatic hydroxyl groups excluding tert-OH is 1. The molecular weight excluding hydrogens is 216 g/mol. The first-order valence-electron chi connectivity index (χ1n) is 4.16. The molecule has 0 aromatic rings. The number of rotatable bonds is 2. The SMILES string of the molecule is C=C(C)C(=O)O.C=C(C)C(=O)O.CC(O)O. The van der Waals surface area contributed by atoms with Crippen molar-refractivity contribution < 1.29 is 30.0 Å². The van der Waals surface area contributed by atoms with Crippen LogP contribution in [0.2, 0.25) is 0 Å². The molecular formula is C10H18O6. The maximum atomic E-state index is 9.60. The summed E-state index contributed by atoms with van der Waals surface area (Å²) in [7, 11) is 0. The maximum absolute atomic E-state index is 9.60. The summed E-state index contributed by atoms with van der Waals surface area (Å²) < 4.78 is 0. The Labute approximate surface area is 94.2 Å². The van der Waals surface area contributed by atoms with E-state index >= 15 is 0 Å². The number of hydrogen-bond acceptors (Lipinski definition) is 4. The predicted molar refractivity (Wildman–Crippen MR) is 58.8 cm³/mol. The zero-order valence-corrected chi connectivity index (χ0v) is 9.60. The third kappa shape index (κ3) is 39.5. The van der Waals surface area contributed by atoms with Gasteiger partial charge in [0.1, 0.15) is 6.29 Å². The molecule has 0 amide bonds. The average molecular weight is 234 g/mol. The molecule has 0 aromatic heterocycles. The summed E-state index contributed by atoms with van der Waals surface area (Å²) in [5.74, 6) is -1.87. The Bertz CT molecular complexity index is 203. The van der Waals surface area contributed by atoms with Crippen LogP contribution in [-0.2, 0) is 9.59 Å². The summed E-state index contributed by atoms with van der Waals surface area (Å²) in [4.78, 5) is 19.2. The number of aliphatic carboxylic acids is 2. The molecule has 6 heteroatoms. The van der Waals surface area contributed by atoms with Gasteiger partial charge in [-0.2, -0.15) is 0 Å². The Kier molecular flexibility index (Phi) is 14.2. The van der Waals surface area contributed by atoms with Gasteiger partial charge in [-0.05, 0) is 20.8 Å². The minimum absolute atomic E-state index is 0.176. The molecule has 0 saturated heterocycles. The fourth-order valence-corrected chi connectivity index (χ4v) is 0. The van der Waals surface area contributed by atoms with Gasteiger partial charge in [0.05, 0.1) is 0 Å². The fourth-order valence-electron chi connectivity index (χ4n) is 0. The molecule has 0 heterocycles. The standard InChI is InChI=1S/2C4H6O2.C2H6O2/c2*1-3(2)4(5)6;1-2(3)4/h2*1H2,2H3,(H,5,6);2-4H,1H3. The van der Waals surface area contributed by atoms with Gasteiger partial charge in [-0.15, -0.1) is 0 Å². The van der Waals surface area contributed by atoms with Crippen LogP contribution in [0.25, 0.3) is 0 Å². The topological polar surface area (TPSA) is 115 Å². The van der Waals surface area contributed by atoms with Crippen LogP contribution in [0.4, 0.5) is 0 Å². The summed E-state index contributed by atoms with van der Waals surface area (Å²) in [5.41, 5.74) is 0.352. The molecule has 0 bridgehead atoms. The molecule has 0 spiro atoms. The zero-order chi connectivity index (χ0) is 13.9. The minimum Gasteiger partial charge on any atom is -0.478 e. The van der Waals surface area contributed by atoms with E-state index < -0.39 is 18.2 Å². The molecule has 0 radical (unpaired) electrons. The highest BCUT2D eigenvalue weighted by atomic mass is 16.5. The lowest BCUT2D eigenvalue weighted by molar-refractivity contribution is -0.133. The van der Waals surface area contributed by atoms with Crippen LogP contribution in [-0.4, -0.2) is 38.7 Å². The molecule has 0 rings (SSSR count). The van der Waals surface area contributed by atoms with E-state index in [9.17, 15) is 9.59 Å². The van der Waals surface area contributed by atoms with Crippen molar-refractivity contribution in [2.45, 2.75) is 27.1 Å². The lowest BCUT2D eigenvalue weighted by Gasteiger charge is -1.80. The number of carboxylic acid groups (broad SMARTS) is 2. The van der Waals surface area contributed by atoms with Crippen molar-refractivity contribution in [3.05, 3.63) is 24.3 Å². The quantitative estimate of drug-likeness (QED) is 0.411. The molecule has 0 aliphatic carbocycles. The number of aliphatic hydroxyl groups is 2. The van der Waals surface area contributed by atoms with Crippen molar-refractivity contribution in [3.8, 4) is 0 Å². The minimum atomic E-state index is -1.17. The van der Waals surface area contributed by atoms with E-state index in [-0.39, 0.29) is 11.1 Å². The Morgan fingerprint density at radius 1 is 0.938 bits per heavy atom. The monoisotopic (exact) mass is 234 g/mol. The lowest BCUT2D eigenvalue weighted by atomic mass is 10.4. The van der Waals surface area contributed by atoms with Crippen molar-refractivity contribution in [1.82, 2.24) is 0 Å². The van der Waals surface area contributed by atoms with Crippen molar-refractivity contribution in [2.75, 3.05) is 0 Å². The molecule has 0 atom stereocenters. The van der Waals surface area contributed by atoms with Gasteiger partial charge in [-0.25, -0.2) is 9.59 Å². The van der Waals surface area contributed by atoms with Gasteiger partial charge >= 0.3 is 11.9 Å². The van der Waals surface area contributed by atoms with Gasteiger partial charge in [0, 0.05) is 11.1 Å². The summed E-state index contributed by atoms with van der Waals surface area (Å²) in [6, 6.07) is 0. The Balaban J connectivity index is -0.000000162. The van der Waals surface area contributed by atoms with Crippen LogP contribution >= 0.6 is 0 Å². The van der Waals surface area contributed by atoms with Gasteiger partial charge in [0.25, 0.3) is 0 Å². The predicted octanol–water partition coefficient (Wildman–Crippen LogP) is 0.611. The molecule has 0 aliphatic rings.